The number of rotatable bonds is 3. The van der Waals surface area contributed by atoms with Crippen molar-refractivity contribution in [1.82, 2.24) is 5.32 Å². The lowest BCUT2D eigenvalue weighted by atomic mass is 10.0. The van der Waals surface area contributed by atoms with Gasteiger partial charge >= 0.3 is 0 Å². The second-order valence-corrected chi connectivity index (χ2v) is 3.59. The highest BCUT2D eigenvalue weighted by Gasteiger charge is 1.96. The summed E-state index contributed by atoms with van der Waals surface area (Å²) in [7, 11) is 1.96. The van der Waals surface area contributed by atoms with E-state index in [2.05, 4.69) is 53.8 Å². The second kappa shape index (κ2) is 11.5. The lowest BCUT2D eigenvalue weighted by molar-refractivity contribution is 0.818. The van der Waals surface area contributed by atoms with Gasteiger partial charge in [0.2, 0.25) is 0 Å². The number of hydrogen-bond acceptors (Lipinski definition) is 1. The fourth-order valence-corrected chi connectivity index (χ4v) is 1.65. The van der Waals surface area contributed by atoms with Crippen molar-refractivity contribution in [3.8, 4) is 11.1 Å². The van der Waals surface area contributed by atoms with Gasteiger partial charge in [-0.05, 0) is 23.7 Å². The van der Waals surface area contributed by atoms with Gasteiger partial charge in [-0.25, -0.2) is 0 Å². The maximum atomic E-state index is 3.14. The molecule has 0 aliphatic rings. The molecule has 1 heteroatoms. The predicted octanol–water partition coefficient (Wildman–Crippen LogP) is 5.13. The summed E-state index contributed by atoms with van der Waals surface area (Å²) >= 11 is 0. The highest BCUT2D eigenvalue weighted by atomic mass is 14.8. The van der Waals surface area contributed by atoms with E-state index in [0.29, 0.717) is 0 Å². The SMILES string of the molecule is CC.CC.CNCc1ccc(-c2ccccc2)cc1. The number of benzene rings is 2. The second-order valence-electron chi connectivity index (χ2n) is 3.59. The highest BCUT2D eigenvalue weighted by Crippen LogP contribution is 2.18. The lowest BCUT2D eigenvalue weighted by Gasteiger charge is -2.03. The minimum atomic E-state index is 0.926. The Kier molecular flexibility index (Phi) is 10.5. The van der Waals surface area contributed by atoms with Crippen molar-refractivity contribution in [3.05, 3.63) is 60.2 Å². The first-order chi connectivity index (χ1) is 9.40. The third-order valence-corrected chi connectivity index (χ3v) is 2.44. The van der Waals surface area contributed by atoms with Gasteiger partial charge in [0.25, 0.3) is 0 Å². The van der Waals surface area contributed by atoms with Crippen LogP contribution >= 0.6 is 0 Å². The summed E-state index contributed by atoms with van der Waals surface area (Å²) in [5, 5.41) is 3.14. The molecule has 0 aliphatic carbocycles. The molecule has 104 valence electrons. The summed E-state index contributed by atoms with van der Waals surface area (Å²) in [5.41, 5.74) is 3.86. The van der Waals surface area contributed by atoms with Gasteiger partial charge in [0, 0.05) is 6.54 Å². The molecule has 2 rings (SSSR count). The van der Waals surface area contributed by atoms with Crippen molar-refractivity contribution in [1.29, 1.82) is 0 Å². The summed E-state index contributed by atoms with van der Waals surface area (Å²) in [6, 6.07) is 19.1. The molecule has 0 atom stereocenters. The maximum Gasteiger partial charge on any atom is 0.0202 e. The Morgan fingerprint density at radius 2 is 1.16 bits per heavy atom. The fourth-order valence-electron chi connectivity index (χ4n) is 1.65. The van der Waals surface area contributed by atoms with Crippen molar-refractivity contribution in [2.24, 2.45) is 0 Å². The van der Waals surface area contributed by atoms with Crippen LogP contribution in [-0.4, -0.2) is 7.05 Å². The van der Waals surface area contributed by atoms with E-state index in [0.717, 1.165) is 6.54 Å². The molecule has 0 aromatic heterocycles. The Bertz CT molecular complexity index is 403. The monoisotopic (exact) mass is 257 g/mol. The van der Waals surface area contributed by atoms with E-state index < -0.39 is 0 Å². The third kappa shape index (κ3) is 6.21. The molecule has 2 aromatic rings. The van der Waals surface area contributed by atoms with E-state index in [9.17, 15) is 0 Å². The highest BCUT2D eigenvalue weighted by molar-refractivity contribution is 5.63. The first kappa shape index (κ1) is 17.4. The van der Waals surface area contributed by atoms with E-state index in [1.165, 1.54) is 16.7 Å². The van der Waals surface area contributed by atoms with Gasteiger partial charge in [0.05, 0.1) is 0 Å². The molecule has 0 fully saturated rings. The summed E-state index contributed by atoms with van der Waals surface area (Å²) in [5.74, 6) is 0. The van der Waals surface area contributed by atoms with Crippen LogP contribution in [0.5, 0.6) is 0 Å². The van der Waals surface area contributed by atoms with E-state index in [-0.39, 0.29) is 0 Å². The zero-order valence-corrected chi connectivity index (χ0v) is 12.9. The van der Waals surface area contributed by atoms with Crippen LogP contribution in [0.1, 0.15) is 33.3 Å². The molecule has 0 saturated carbocycles. The number of nitrogens with one attached hydrogen (secondary N) is 1. The standard InChI is InChI=1S/C14H15N.2C2H6/c1-15-11-12-7-9-14(10-8-12)13-5-3-2-4-6-13;2*1-2/h2-10,15H,11H2,1H3;2*1-2H3. The molecule has 1 N–H and O–H groups in total. The molecule has 0 aliphatic heterocycles. The van der Waals surface area contributed by atoms with Crippen molar-refractivity contribution < 1.29 is 0 Å². The Labute approximate surface area is 118 Å². The number of hydrogen-bond donors (Lipinski definition) is 1. The molecule has 0 heterocycles. The first-order valence-corrected chi connectivity index (χ1v) is 7.19. The van der Waals surface area contributed by atoms with E-state index in [1.807, 2.05) is 40.8 Å². The van der Waals surface area contributed by atoms with E-state index >= 15 is 0 Å². The third-order valence-electron chi connectivity index (χ3n) is 2.44. The van der Waals surface area contributed by atoms with Gasteiger partial charge in [-0.2, -0.15) is 0 Å². The summed E-state index contributed by atoms with van der Waals surface area (Å²) in [4.78, 5) is 0. The average Bonchev–Trinajstić information content (AvgIpc) is 2.53. The van der Waals surface area contributed by atoms with Crippen LogP contribution in [0.25, 0.3) is 11.1 Å². The first-order valence-electron chi connectivity index (χ1n) is 7.19. The van der Waals surface area contributed by atoms with Gasteiger partial charge < -0.3 is 5.32 Å². The zero-order valence-electron chi connectivity index (χ0n) is 12.9. The molecule has 0 spiro atoms. The molecule has 19 heavy (non-hydrogen) atoms. The van der Waals surface area contributed by atoms with Crippen LogP contribution in [-0.2, 0) is 6.54 Å². The molecular formula is C18H27N. The molecule has 1 nitrogen and oxygen atoms in total. The molecule has 0 bridgehead atoms. The lowest BCUT2D eigenvalue weighted by Crippen LogP contribution is -2.04. The minimum absolute atomic E-state index is 0.926. The zero-order chi connectivity index (χ0) is 14.5. The molecule has 0 unspecified atom stereocenters. The Balaban J connectivity index is 0.000000741. The van der Waals surface area contributed by atoms with E-state index in [4.69, 9.17) is 0 Å². The summed E-state index contributed by atoms with van der Waals surface area (Å²) < 4.78 is 0. The maximum absolute atomic E-state index is 3.14. The predicted molar refractivity (Wildman–Crippen MR) is 87.3 cm³/mol. The smallest absolute Gasteiger partial charge is 0.0202 e. The van der Waals surface area contributed by atoms with Crippen LogP contribution in [0.15, 0.2) is 54.6 Å². The average molecular weight is 257 g/mol. The van der Waals surface area contributed by atoms with Gasteiger partial charge in [-0.3, -0.25) is 0 Å². The Morgan fingerprint density at radius 1 is 0.684 bits per heavy atom. The van der Waals surface area contributed by atoms with Gasteiger partial charge in [0.1, 0.15) is 0 Å². The normalized spacial score (nSPS) is 8.68. The molecule has 0 radical (unpaired) electrons. The topological polar surface area (TPSA) is 12.0 Å². The molecule has 2 aromatic carbocycles. The van der Waals surface area contributed by atoms with Crippen LogP contribution in [0.2, 0.25) is 0 Å². The Morgan fingerprint density at radius 3 is 1.63 bits per heavy atom. The van der Waals surface area contributed by atoms with Crippen LogP contribution in [0.4, 0.5) is 0 Å². The van der Waals surface area contributed by atoms with Gasteiger partial charge in [-0.15, -0.1) is 0 Å². The summed E-state index contributed by atoms with van der Waals surface area (Å²) in [6.07, 6.45) is 0. The largest absolute Gasteiger partial charge is 0.316 e. The quantitative estimate of drug-likeness (QED) is 0.804. The Hall–Kier alpha value is -1.60. The van der Waals surface area contributed by atoms with Gasteiger partial charge in [-0.1, -0.05) is 82.3 Å². The fraction of sp³-hybridized carbons (Fsp3) is 0.333. The molecule has 0 saturated heterocycles. The van der Waals surface area contributed by atoms with Crippen LogP contribution in [0, 0.1) is 0 Å². The van der Waals surface area contributed by atoms with Crippen molar-refractivity contribution in [2.75, 3.05) is 7.05 Å². The van der Waals surface area contributed by atoms with Crippen molar-refractivity contribution in [3.63, 3.8) is 0 Å². The van der Waals surface area contributed by atoms with Crippen molar-refractivity contribution in [2.45, 2.75) is 34.2 Å². The van der Waals surface area contributed by atoms with Crippen molar-refractivity contribution >= 4 is 0 Å². The summed E-state index contributed by atoms with van der Waals surface area (Å²) in [6.45, 7) is 8.93. The van der Waals surface area contributed by atoms with Crippen LogP contribution in [0.3, 0.4) is 0 Å². The molecule has 0 amide bonds. The van der Waals surface area contributed by atoms with Crippen LogP contribution < -0.4 is 5.32 Å². The minimum Gasteiger partial charge on any atom is -0.316 e. The molecular weight excluding hydrogens is 230 g/mol. The van der Waals surface area contributed by atoms with E-state index in [1.54, 1.807) is 0 Å². The van der Waals surface area contributed by atoms with Gasteiger partial charge in [0.15, 0.2) is 0 Å².